The van der Waals surface area contributed by atoms with Gasteiger partial charge in [0.25, 0.3) is 0 Å². The van der Waals surface area contributed by atoms with E-state index in [0.717, 1.165) is 50.4 Å². The molecule has 0 saturated heterocycles. The molecule has 0 amide bonds. The summed E-state index contributed by atoms with van der Waals surface area (Å²) >= 11 is 0. The Morgan fingerprint density at radius 1 is 0.679 bits per heavy atom. The van der Waals surface area contributed by atoms with Gasteiger partial charge >= 0.3 is 12.1 Å². The summed E-state index contributed by atoms with van der Waals surface area (Å²) in [6, 6.07) is -1.74. The first-order chi connectivity index (χ1) is 13.3. The standard InChI is InChI=1S/C22H36F3O2P/c1-15-3-9-18(10-4-15)28(26,19-11-5-16(2)6-12-19)20-13-7-17(8-14-20)27-22(25)21(23)24/h15-20H,3-14H2,1-2H3. The largest absolute Gasteiger partial charge is 0.464 e. The van der Waals surface area contributed by atoms with Crippen LogP contribution >= 0.6 is 7.14 Å². The zero-order valence-electron chi connectivity index (χ0n) is 17.3. The van der Waals surface area contributed by atoms with Crippen molar-refractivity contribution in [2.45, 2.75) is 114 Å². The van der Waals surface area contributed by atoms with Gasteiger partial charge in [0.2, 0.25) is 0 Å². The van der Waals surface area contributed by atoms with Crippen LogP contribution in [-0.2, 0) is 9.30 Å². The molecule has 3 fully saturated rings. The Morgan fingerprint density at radius 3 is 1.39 bits per heavy atom. The molecule has 0 aromatic rings. The van der Waals surface area contributed by atoms with Gasteiger partial charge in [0.05, 0.1) is 7.14 Å². The Bertz CT molecular complexity index is 555. The van der Waals surface area contributed by atoms with Gasteiger partial charge in [0.1, 0.15) is 6.10 Å². The van der Waals surface area contributed by atoms with E-state index in [1.54, 1.807) is 0 Å². The Balaban J connectivity index is 1.71. The molecule has 3 aliphatic rings. The van der Waals surface area contributed by atoms with Gasteiger partial charge in [-0.2, -0.15) is 13.2 Å². The van der Waals surface area contributed by atoms with Gasteiger partial charge in [-0.15, -0.1) is 0 Å². The van der Waals surface area contributed by atoms with Crippen molar-refractivity contribution in [3.8, 4) is 0 Å². The minimum atomic E-state index is -2.39. The first-order valence-corrected chi connectivity index (χ1v) is 13.2. The van der Waals surface area contributed by atoms with Crippen molar-refractivity contribution in [2.75, 3.05) is 0 Å². The van der Waals surface area contributed by atoms with Gasteiger partial charge in [-0.3, -0.25) is 0 Å². The van der Waals surface area contributed by atoms with Crippen LogP contribution in [0.2, 0.25) is 0 Å². The van der Waals surface area contributed by atoms with E-state index in [0.29, 0.717) is 24.2 Å². The highest BCUT2D eigenvalue weighted by Crippen LogP contribution is 2.68. The molecule has 0 bridgehead atoms. The number of hydrogen-bond acceptors (Lipinski definition) is 2. The maximum absolute atomic E-state index is 14.7. The van der Waals surface area contributed by atoms with Gasteiger partial charge in [-0.1, -0.05) is 39.5 Å². The van der Waals surface area contributed by atoms with Crippen molar-refractivity contribution < 1.29 is 22.5 Å². The van der Waals surface area contributed by atoms with Gasteiger partial charge in [0.15, 0.2) is 0 Å². The van der Waals surface area contributed by atoms with Crippen LogP contribution in [0.1, 0.15) is 90.9 Å². The summed E-state index contributed by atoms with van der Waals surface area (Å²) in [5.41, 5.74) is 0.848. The molecule has 3 saturated carbocycles. The molecule has 0 aromatic carbocycles. The fraction of sp³-hybridized carbons (Fsp3) is 0.909. The molecule has 0 N–H and O–H groups in total. The number of halogens is 3. The maximum Gasteiger partial charge on any atom is 0.342 e. The van der Waals surface area contributed by atoms with E-state index < -0.39 is 25.3 Å². The summed E-state index contributed by atoms with van der Waals surface area (Å²) in [4.78, 5) is 0. The Morgan fingerprint density at radius 2 is 1.04 bits per heavy atom. The SMILES string of the molecule is CC1CCC(P(=O)(C2CCC(C)CC2)C2CCC(OC(F)=C(F)F)CC2)CC1. The average Bonchev–Trinajstić information content (AvgIpc) is 2.69. The molecule has 28 heavy (non-hydrogen) atoms. The zero-order chi connectivity index (χ0) is 20.3. The zero-order valence-corrected chi connectivity index (χ0v) is 18.2. The van der Waals surface area contributed by atoms with E-state index in [-0.39, 0.29) is 5.66 Å². The summed E-state index contributed by atoms with van der Waals surface area (Å²) in [6.07, 6.45) is 8.58. The molecular formula is C22H36F3O2P. The van der Waals surface area contributed by atoms with Crippen LogP contribution in [0.4, 0.5) is 13.2 Å². The van der Waals surface area contributed by atoms with Crippen LogP contribution < -0.4 is 0 Å². The van der Waals surface area contributed by atoms with Gasteiger partial charge in [-0.25, -0.2) is 0 Å². The summed E-state index contributed by atoms with van der Waals surface area (Å²) in [7, 11) is -2.39. The van der Waals surface area contributed by atoms with Crippen molar-refractivity contribution in [1.29, 1.82) is 0 Å². The fourth-order valence-corrected chi connectivity index (χ4v) is 11.0. The first kappa shape index (κ1) is 22.2. The molecule has 6 heteroatoms. The highest BCUT2D eigenvalue weighted by Gasteiger charge is 2.48. The predicted molar refractivity (Wildman–Crippen MR) is 108 cm³/mol. The molecule has 3 aliphatic carbocycles. The molecule has 0 spiro atoms. The molecule has 0 radical (unpaired) electrons. The van der Waals surface area contributed by atoms with Crippen LogP contribution in [0, 0.1) is 11.8 Å². The quantitative estimate of drug-likeness (QED) is 0.334. The van der Waals surface area contributed by atoms with Crippen LogP contribution in [-0.4, -0.2) is 23.1 Å². The second-order valence-corrected chi connectivity index (χ2v) is 13.4. The van der Waals surface area contributed by atoms with E-state index in [2.05, 4.69) is 13.8 Å². The summed E-state index contributed by atoms with van der Waals surface area (Å²) < 4.78 is 57.3. The van der Waals surface area contributed by atoms with Crippen LogP contribution in [0.15, 0.2) is 12.1 Å². The van der Waals surface area contributed by atoms with E-state index in [4.69, 9.17) is 4.74 Å². The topological polar surface area (TPSA) is 26.3 Å². The lowest BCUT2D eigenvalue weighted by atomic mass is 9.90. The molecule has 3 rings (SSSR count). The smallest absolute Gasteiger partial charge is 0.342 e. The molecular weight excluding hydrogens is 384 g/mol. The van der Waals surface area contributed by atoms with Crippen molar-refractivity contribution in [2.24, 2.45) is 11.8 Å². The maximum atomic E-state index is 14.7. The summed E-state index contributed by atoms with van der Waals surface area (Å²) in [6.45, 7) is 4.58. The highest BCUT2D eigenvalue weighted by atomic mass is 31.2. The first-order valence-electron chi connectivity index (χ1n) is 11.3. The Hall–Kier alpha value is -0.440. The molecule has 162 valence electrons. The normalized spacial score (nSPS) is 39.0. The van der Waals surface area contributed by atoms with E-state index in [1.807, 2.05) is 0 Å². The van der Waals surface area contributed by atoms with Gasteiger partial charge < -0.3 is 9.30 Å². The van der Waals surface area contributed by atoms with Gasteiger partial charge in [-0.05, 0) is 63.2 Å². The predicted octanol–water partition coefficient (Wildman–Crippen LogP) is 7.87. The molecule has 0 aromatic heterocycles. The van der Waals surface area contributed by atoms with E-state index in [1.165, 1.54) is 25.7 Å². The number of rotatable bonds is 5. The minimum Gasteiger partial charge on any atom is -0.464 e. The Labute approximate surface area is 168 Å². The van der Waals surface area contributed by atoms with E-state index >= 15 is 0 Å². The lowest BCUT2D eigenvalue weighted by molar-refractivity contribution is 0.0302. The lowest BCUT2D eigenvalue weighted by Crippen LogP contribution is -2.35. The van der Waals surface area contributed by atoms with Crippen molar-refractivity contribution in [3.63, 3.8) is 0 Å². The third kappa shape index (κ3) is 4.99. The third-order valence-electron chi connectivity index (χ3n) is 7.75. The molecule has 2 nitrogen and oxygen atoms in total. The summed E-state index contributed by atoms with van der Waals surface area (Å²) in [5.74, 6) is 1.45. The monoisotopic (exact) mass is 420 g/mol. The second-order valence-electron chi connectivity index (χ2n) is 9.67. The number of ether oxygens (including phenoxy) is 1. The summed E-state index contributed by atoms with van der Waals surface area (Å²) in [5, 5.41) is 0. The van der Waals surface area contributed by atoms with Crippen molar-refractivity contribution >= 4 is 7.14 Å². The molecule has 0 atom stereocenters. The Kier molecular flexibility index (Phi) is 7.61. The number of hydrogen-bond donors (Lipinski definition) is 0. The fourth-order valence-electron chi connectivity index (χ4n) is 5.94. The average molecular weight is 420 g/mol. The molecule has 0 aliphatic heterocycles. The molecule has 0 heterocycles. The highest BCUT2D eigenvalue weighted by molar-refractivity contribution is 7.66. The van der Waals surface area contributed by atoms with Crippen molar-refractivity contribution in [1.82, 2.24) is 0 Å². The lowest BCUT2D eigenvalue weighted by Gasteiger charge is -2.46. The van der Waals surface area contributed by atoms with Crippen LogP contribution in [0.3, 0.4) is 0 Å². The molecule has 0 unspecified atom stereocenters. The van der Waals surface area contributed by atoms with Crippen molar-refractivity contribution in [3.05, 3.63) is 12.1 Å². The minimum absolute atomic E-state index is 0.173. The third-order valence-corrected chi connectivity index (χ3v) is 12.7. The van der Waals surface area contributed by atoms with Gasteiger partial charge in [0, 0.05) is 17.0 Å². The van der Waals surface area contributed by atoms with Crippen LogP contribution in [0.25, 0.3) is 0 Å². The van der Waals surface area contributed by atoms with E-state index in [9.17, 15) is 17.7 Å². The second kappa shape index (κ2) is 9.58. The van der Waals surface area contributed by atoms with Crippen LogP contribution in [0.5, 0.6) is 0 Å².